The van der Waals surface area contributed by atoms with E-state index in [9.17, 15) is 0 Å². The van der Waals surface area contributed by atoms with Crippen LogP contribution in [0.4, 0.5) is 0 Å². The largest absolute Gasteiger partial charge is 0.126 e. The normalized spacial score (nSPS) is 10.4. The molecule has 94 valence electrons. The lowest BCUT2D eigenvalue weighted by atomic mass is 10.1. The molecule has 0 N–H and O–H groups in total. The Kier molecular flexibility index (Phi) is 5.87. The molecule has 0 aliphatic rings. The number of hydrogen-bond acceptors (Lipinski definition) is 1. The van der Waals surface area contributed by atoms with Crippen LogP contribution in [0.25, 0.3) is 0 Å². The Morgan fingerprint density at radius 3 is 2.06 bits per heavy atom. The van der Waals surface area contributed by atoms with Gasteiger partial charge in [-0.05, 0) is 42.7 Å². The van der Waals surface area contributed by atoms with Crippen LogP contribution in [0.15, 0.2) is 65.6 Å². The van der Waals surface area contributed by atoms with E-state index in [4.69, 9.17) is 0 Å². The van der Waals surface area contributed by atoms with Crippen molar-refractivity contribution in [2.75, 3.05) is 5.75 Å². The smallest absolute Gasteiger partial charge is 0.00719 e. The first kappa shape index (κ1) is 13.2. The molecule has 2 rings (SSSR count). The third-order valence-corrected chi connectivity index (χ3v) is 4.06. The van der Waals surface area contributed by atoms with Crippen LogP contribution < -0.4 is 0 Å². The summed E-state index contributed by atoms with van der Waals surface area (Å²) >= 11 is 1.97. The van der Waals surface area contributed by atoms with Crippen LogP contribution in [0.3, 0.4) is 0 Å². The fourth-order valence-corrected chi connectivity index (χ4v) is 2.89. The predicted octanol–water partition coefficient (Wildman–Crippen LogP) is 5.19. The summed E-state index contributed by atoms with van der Waals surface area (Å²) in [4.78, 5) is 1.39. The summed E-state index contributed by atoms with van der Waals surface area (Å²) in [5.74, 6) is 1.23. The Morgan fingerprint density at radius 2 is 1.33 bits per heavy atom. The van der Waals surface area contributed by atoms with Gasteiger partial charge in [0.1, 0.15) is 0 Å². The Morgan fingerprint density at radius 1 is 0.667 bits per heavy atom. The molecule has 0 bridgehead atoms. The minimum atomic E-state index is 1.22. The summed E-state index contributed by atoms with van der Waals surface area (Å²) in [5.41, 5.74) is 1.47. The van der Waals surface area contributed by atoms with E-state index >= 15 is 0 Å². The van der Waals surface area contributed by atoms with Crippen LogP contribution >= 0.6 is 11.8 Å². The van der Waals surface area contributed by atoms with Crippen molar-refractivity contribution in [2.24, 2.45) is 0 Å². The first-order valence-corrected chi connectivity index (χ1v) is 7.65. The predicted molar refractivity (Wildman–Crippen MR) is 81.2 cm³/mol. The summed E-state index contributed by atoms with van der Waals surface area (Å²) in [5, 5.41) is 0. The first-order chi connectivity index (χ1) is 8.95. The number of aryl methyl sites for hydroxylation is 1. The molecule has 0 atom stereocenters. The van der Waals surface area contributed by atoms with Crippen molar-refractivity contribution in [3.63, 3.8) is 0 Å². The van der Waals surface area contributed by atoms with Gasteiger partial charge in [-0.15, -0.1) is 11.8 Å². The highest BCUT2D eigenvalue weighted by atomic mass is 32.2. The number of benzene rings is 2. The zero-order chi connectivity index (χ0) is 12.5. The molecule has 0 aliphatic carbocycles. The second-order valence-corrected chi connectivity index (χ2v) is 5.63. The zero-order valence-corrected chi connectivity index (χ0v) is 11.5. The molecule has 0 aromatic heterocycles. The summed E-state index contributed by atoms with van der Waals surface area (Å²) in [6.07, 6.45) is 5.16. The average Bonchev–Trinajstić information content (AvgIpc) is 2.45. The van der Waals surface area contributed by atoms with E-state index in [0.29, 0.717) is 0 Å². The van der Waals surface area contributed by atoms with Gasteiger partial charge < -0.3 is 0 Å². The maximum Gasteiger partial charge on any atom is 0.00719 e. The van der Waals surface area contributed by atoms with E-state index in [1.54, 1.807) is 0 Å². The molecule has 0 fully saturated rings. The molecule has 0 amide bonds. The third kappa shape index (κ3) is 4.97. The molecule has 2 aromatic carbocycles. The molecule has 2 aromatic rings. The van der Waals surface area contributed by atoms with Gasteiger partial charge in [-0.25, -0.2) is 0 Å². The maximum atomic E-state index is 2.22. The van der Waals surface area contributed by atoms with Gasteiger partial charge in [0.2, 0.25) is 0 Å². The van der Waals surface area contributed by atoms with Crippen molar-refractivity contribution in [2.45, 2.75) is 30.6 Å². The van der Waals surface area contributed by atoms with Crippen LogP contribution in [0, 0.1) is 0 Å². The molecule has 0 radical (unpaired) electrons. The molecule has 18 heavy (non-hydrogen) atoms. The minimum Gasteiger partial charge on any atom is -0.126 e. The lowest BCUT2D eigenvalue weighted by Crippen LogP contribution is -1.86. The second kappa shape index (κ2) is 7.99. The summed E-state index contributed by atoms with van der Waals surface area (Å²) in [6.45, 7) is 0. The average molecular weight is 256 g/mol. The molecular weight excluding hydrogens is 236 g/mol. The molecule has 0 spiro atoms. The molecule has 0 aliphatic heterocycles. The lowest BCUT2D eigenvalue weighted by Gasteiger charge is -2.02. The number of hydrogen-bond donors (Lipinski definition) is 0. The van der Waals surface area contributed by atoms with Gasteiger partial charge in [-0.2, -0.15) is 0 Å². The van der Waals surface area contributed by atoms with Crippen molar-refractivity contribution < 1.29 is 0 Å². The third-order valence-electron chi connectivity index (χ3n) is 2.96. The summed E-state index contributed by atoms with van der Waals surface area (Å²) < 4.78 is 0. The van der Waals surface area contributed by atoms with E-state index in [-0.39, 0.29) is 0 Å². The van der Waals surface area contributed by atoms with Gasteiger partial charge in [-0.3, -0.25) is 0 Å². The molecule has 0 saturated heterocycles. The molecule has 0 heterocycles. The van der Waals surface area contributed by atoms with Gasteiger partial charge in [0.25, 0.3) is 0 Å². The monoisotopic (exact) mass is 256 g/mol. The Labute approximate surface area is 114 Å². The number of thioether (sulfide) groups is 1. The van der Waals surface area contributed by atoms with Crippen molar-refractivity contribution >= 4 is 11.8 Å². The number of unbranched alkanes of at least 4 members (excludes halogenated alkanes) is 2. The molecule has 0 saturated carbocycles. The highest BCUT2D eigenvalue weighted by molar-refractivity contribution is 7.99. The maximum absolute atomic E-state index is 2.22. The van der Waals surface area contributed by atoms with Crippen molar-refractivity contribution in [3.05, 3.63) is 66.2 Å². The van der Waals surface area contributed by atoms with E-state index in [0.717, 1.165) is 0 Å². The SMILES string of the molecule is c1ccc(CCCCCSc2ccccc2)cc1. The standard InChI is InChI=1S/C17H20S/c1-4-10-16(11-5-1)12-6-3-9-15-18-17-13-7-2-8-14-17/h1-2,4-5,7-8,10-11,13-14H,3,6,9,12,15H2. The van der Waals surface area contributed by atoms with Gasteiger partial charge in [0, 0.05) is 4.90 Å². The molecule has 0 nitrogen and oxygen atoms in total. The lowest BCUT2D eigenvalue weighted by molar-refractivity contribution is 0.722. The summed E-state index contributed by atoms with van der Waals surface area (Å²) in [7, 11) is 0. The van der Waals surface area contributed by atoms with Gasteiger partial charge >= 0.3 is 0 Å². The van der Waals surface area contributed by atoms with E-state index in [1.165, 1.54) is 41.9 Å². The first-order valence-electron chi connectivity index (χ1n) is 6.67. The van der Waals surface area contributed by atoms with Gasteiger partial charge in [-0.1, -0.05) is 55.0 Å². The van der Waals surface area contributed by atoms with Gasteiger partial charge in [0.15, 0.2) is 0 Å². The number of rotatable bonds is 7. The molecule has 1 heteroatoms. The minimum absolute atomic E-state index is 1.22. The fourth-order valence-electron chi connectivity index (χ4n) is 1.96. The fraction of sp³-hybridized carbons (Fsp3) is 0.294. The molecular formula is C17H20S. The van der Waals surface area contributed by atoms with Crippen molar-refractivity contribution in [1.29, 1.82) is 0 Å². The van der Waals surface area contributed by atoms with E-state index in [1.807, 2.05) is 11.8 Å². The summed E-state index contributed by atoms with van der Waals surface area (Å²) in [6, 6.07) is 21.4. The second-order valence-electron chi connectivity index (χ2n) is 4.46. The zero-order valence-electron chi connectivity index (χ0n) is 10.7. The van der Waals surface area contributed by atoms with Crippen LogP contribution in [0.5, 0.6) is 0 Å². The highest BCUT2D eigenvalue weighted by Crippen LogP contribution is 2.19. The Bertz CT molecular complexity index is 378. The van der Waals surface area contributed by atoms with E-state index in [2.05, 4.69) is 60.7 Å². The van der Waals surface area contributed by atoms with Crippen molar-refractivity contribution in [3.8, 4) is 0 Å². The van der Waals surface area contributed by atoms with Crippen LogP contribution in [0.2, 0.25) is 0 Å². The van der Waals surface area contributed by atoms with Crippen LogP contribution in [0.1, 0.15) is 24.8 Å². The topological polar surface area (TPSA) is 0 Å². The van der Waals surface area contributed by atoms with Gasteiger partial charge in [0.05, 0.1) is 0 Å². The quantitative estimate of drug-likeness (QED) is 0.485. The molecule has 0 unspecified atom stereocenters. The van der Waals surface area contributed by atoms with Crippen LogP contribution in [-0.4, -0.2) is 5.75 Å². The highest BCUT2D eigenvalue weighted by Gasteiger charge is 1.95. The van der Waals surface area contributed by atoms with E-state index < -0.39 is 0 Å². The van der Waals surface area contributed by atoms with Crippen molar-refractivity contribution in [1.82, 2.24) is 0 Å². The Hall–Kier alpha value is -1.21. The Balaban J connectivity index is 1.54. The van der Waals surface area contributed by atoms with Crippen LogP contribution in [-0.2, 0) is 6.42 Å².